The predicted octanol–water partition coefficient (Wildman–Crippen LogP) is -1.75. The molecule has 82 valence electrons. The number of H-pyrrole nitrogens is 1. The van der Waals surface area contributed by atoms with Crippen LogP contribution >= 0.6 is 0 Å². The van der Waals surface area contributed by atoms with Crippen molar-refractivity contribution >= 4 is 17.8 Å². The molecule has 0 aliphatic rings. The molecule has 1 heterocycles. The smallest absolute Gasteiger partial charge is 0.289 e. The molecule has 0 spiro atoms. The lowest BCUT2D eigenvalue weighted by molar-refractivity contribution is -0.122. The third-order valence-electron chi connectivity index (χ3n) is 1.71. The number of hydrogen-bond acceptors (Lipinski definition) is 5. The van der Waals surface area contributed by atoms with E-state index >= 15 is 0 Å². The molecule has 0 saturated heterocycles. The molecule has 2 amide bonds. The summed E-state index contributed by atoms with van der Waals surface area (Å²) in [5.74, 6) is -0.873. The first-order valence-corrected chi connectivity index (χ1v) is 4.25. The Bertz CT molecular complexity index is 373. The van der Waals surface area contributed by atoms with Crippen LogP contribution in [0.5, 0.6) is 0 Å². The highest BCUT2D eigenvalue weighted by atomic mass is 16.2. The van der Waals surface area contributed by atoms with E-state index in [0.717, 1.165) is 0 Å². The summed E-state index contributed by atoms with van der Waals surface area (Å²) in [6.07, 6.45) is 0. The number of amides is 2. The van der Waals surface area contributed by atoms with E-state index < -0.39 is 11.9 Å². The van der Waals surface area contributed by atoms with Crippen molar-refractivity contribution in [3.8, 4) is 0 Å². The van der Waals surface area contributed by atoms with Gasteiger partial charge in [0.05, 0.1) is 0 Å². The van der Waals surface area contributed by atoms with E-state index in [1.54, 1.807) is 6.92 Å². The van der Waals surface area contributed by atoms with Gasteiger partial charge in [-0.3, -0.25) is 14.7 Å². The highest BCUT2D eigenvalue weighted by Crippen LogP contribution is 1.93. The van der Waals surface area contributed by atoms with Crippen LogP contribution in [-0.4, -0.2) is 40.1 Å². The van der Waals surface area contributed by atoms with Crippen molar-refractivity contribution < 1.29 is 9.59 Å². The first-order valence-electron chi connectivity index (χ1n) is 4.25. The lowest BCUT2D eigenvalue weighted by Crippen LogP contribution is -2.43. The summed E-state index contributed by atoms with van der Waals surface area (Å²) in [5, 5.41) is 10.7. The summed E-state index contributed by atoms with van der Waals surface area (Å²) >= 11 is 0. The number of nitrogen functional groups attached to an aromatic ring is 1. The number of anilines is 1. The summed E-state index contributed by atoms with van der Waals surface area (Å²) in [5.41, 5.74) is 5.22. The minimum absolute atomic E-state index is 0.0206. The van der Waals surface area contributed by atoms with Crippen LogP contribution in [0.1, 0.15) is 17.5 Å². The van der Waals surface area contributed by atoms with Gasteiger partial charge in [0.25, 0.3) is 5.91 Å². The minimum atomic E-state index is -0.645. The molecule has 15 heavy (non-hydrogen) atoms. The number of nitrogens with zero attached hydrogens (tertiary/aromatic N) is 2. The fourth-order valence-electron chi connectivity index (χ4n) is 0.923. The maximum absolute atomic E-state index is 11.4. The third-order valence-corrected chi connectivity index (χ3v) is 1.71. The Morgan fingerprint density at radius 3 is 2.67 bits per heavy atom. The molecule has 0 bridgehead atoms. The zero-order valence-corrected chi connectivity index (χ0v) is 8.37. The largest absolute Gasteiger partial charge is 0.366 e. The Labute approximate surface area is 85.6 Å². The molecule has 1 rings (SSSR count). The zero-order chi connectivity index (χ0) is 11.4. The topological polar surface area (TPSA) is 126 Å². The summed E-state index contributed by atoms with van der Waals surface area (Å²) in [6.45, 7) is 1.55. The van der Waals surface area contributed by atoms with E-state index in [0.29, 0.717) is 0 Å². The lowest BCUT2D eigenvalue weighted by atomic mass is 10.3. The van der Waals surface area contributed by atoms with E-state index in [-0.39, 0.29) is 17.7 Å². The molecule has 1 atom stereocenters. The summed E-state index contributed by atoms with van der Waals surface area (Å²) in [7, 11) is 1.48. The Morgan fingerprint density at radius 1 is 1.53 bits per heavy atom. The van der Waals surface area contributed by atoms with E-state index in [9.17, 15) is 9.59 Å². The van der Waals surface area contributed by atoms with Crippen molar-refractivity contribution in [3.63, 3.8) is 0 Å². The fraction of sp³-hybridized carbons (Fsp3) is 0.429. The van der Waals surface area contributed by atoms with Gasteiger partial charge in [0.1, 0.15) is 6.04 Å². The number of hydrogen-bond donors (Lipinski definition) is 4. The van der Waals surface area contributed by atoms with Crippen LogP contribution in [0.25, 0.3) is 0 Å². The van der Waals surface area contributed by atoms with Crippen molar-refractivity contribution in [2.24, 2.45) is 0 Å². The van der Waals surface area contributed by atoms with Crippen molar-refractivity contribution in [1.82, 2.24) is 25.8 Å². The zero-order valence-electron chi connectivity index (χ0n) is 8.37. The maximum atomic E-state index is 11.4. The molecular formula is C7H12N6O2. The van der Waals surface area contributed by atoms with Crippen LogP contribution in [0.3, 0.4) is 0 Å². The first kappa shape index (κ1) is 11.0. The number of nitrogens with two attached hydrogens (primary N) is 1. The predicted molar refractivity (Wildman–Crippen MR) is 51.8 cm³/mol. The van der Waals surface area contributed by atoms with E-state index in [4.69, 9.17) is 5.73 Å². The van der Waals surface area contributed by atoms with Crippen molar-refractivity contribution in [2.45, 2.75) is 13.0 Å². The van der Waals surface area contributed by atoms with E-state index in [1.807, 2.05) is 0 Å². The molecule has 1 unspecified atom stereocenters. The highest BCUT2D eigenvalue weighted by Gasteiger charge is 2.17. The minimum Gasteiger partial charge on any atom is -0.366 e. The lowest BCUT2D eigenvalue weighted by Gasteiger charge is -2.10. The average molecular weight is 212 g/mol. The van der Waals surface area contributed by atoms with E-state index in [2.05, 4.69) is 25.8 Å². The number of aromatic nitrogens is 3. The number of likely N-dealkylation sites (N-methyl/N-ethyl adjacent to an activating group) is 1. The van der Waals surface area contributed by atoms with Crippen LogP contribution in [0.4, 0.5) is 5.95 Å². The van der Waals surface area contributed by atoms with Crippen LogP contribution in [0.2, 0.25) is 0 Å². The quantitative estimate of drug-likeness (QED) is 0.472. The van der Waals surface area contributed by atoms with Gasteiger partial charge in [-0.25, -0.2) is 0 Å². The third kappa shape index (κ3) is 2.66. The molecule has 8 heteroatoms. The van der Waals surface area contributed by atoms with Gasteiger partial charge in [0.2, 0.25) is 17.7 Å². The van der Waals surface area contributed by atoms with Gasteiger partial charge in [-0.2, -0.15) is 4.98 Å². The molecular weight excluding hydrogens is 200 g/mol. The monoisotopic (exact) mass is 212 g/mol. The van der Waals surface area contributed by atoms with Gasteiger partial charge in [0.15, 0.2) is 0 Å². The van der Waals surface area contributed by atoms with Crippen LogP contribution < -0.4 is 16.4 Å². The van der Waals surface area contributed by atoms with Gasteiger partial charge < -0.3 is 16.4 Å². The number of carbonyl (C=O) groups excluding carboxylic acids is 2. The average Bonchev–Trinajstić information content (AvgIpc) is 2.63. The summed E-state index contributed by atoms with van der Waals surface area (Å²) in [6, 6.07) is -0.645. The SMILES string of the molecule is CNC(=O)C(C)NC(=O)c1nc(N)n[nH]1. The van der Waals surface area contributed by atoms with Crippen molar-refractivity contribution in [3.05, 3.63) is 5.82 Å². The second-order valence-electron chi connectivity index (χ2n) is 2.85. The molecule has 5 N–H and O–H groups in total. The molecule has 0 radical (unpaired) electrons. The Hall–Kier alpha value is -2.12. The number of rotatable bonds is 3. The van der Waals surface area contributed by atoms with Gasteiger partial charge in [-0.05, 0) is 6.92 Å². The number of carbonyl (C=O) groups is 2. The Kier molecular flexibility index (Phi) is 3.21. The maximum Gasteiger partial charge on any atom is 0.289 e. The van der Waals surface area contributed by atoms with Crippen molar-refractivity contribution in [2.75, 3.05) is 12.8 Å². The second-order valence-corrected chi connectivity index (χ2v) is 2.85. The molecule has 0 aliphatic heterocycles. The fourth-order valence-corrected chi connectivity index (χ4v) is 0.923. The molecule has 1 aromatic rings. The van der Waals surface area contributed by atoms with Crippen molar-refractivity contribution in [1.29, 1.82) is 0 Å². The molecule has 8 nitrogen and oxygen atoms in total. The molecule has 0 saturated carbocycles. The van der Waals surface area contributed by atoms with Crippen LogP contribution in [-0.2, 0) is 4.79 Å². The van der Waals surface area contributed by atoms with Gasteiger partial charge in [-0.1, -0.05) is 0 Å². The summed E-state index contributed by atoms with van der Waals surface area (Å²) in [4.78, 5) is 26.1. The molecule has 0 aromatic carbocycles. The molecule has 0 aliphatic carbocycles. The second kappa shape index (κ2) is 4.40. The highest BCUT2D eigenvalue weighted by molar-refractivity contribution is 5.94. The van der Waals surface area contributed by atoms with Gasteiger partial charge in [0, 0.05) is 7.05 Å². The summed E-state index contributed by atoms with van der Waals surface area (Å²) < 4.78 is 0. The standard InChI is InChI=1S/C7H12N6O2/c1-3(5(14)9-2)10-6(15)4-11-7(8)13-12-4/h3H,1-2H3,(H,9,14)(H,10,15)(H3,8,11,12,13). The first-order chi connectivity index (χ1) is 7.04. The van der Waals surface area contributed by atoms with Crippen LogP contribution in [0, 0.1) is 0 Å². The van der Waals surface area contributed by atoms with Gasteiger partial charge >= 0.3 is 0 Å². The molecule has 0 fully saturated rings. The Morgan fingerprint density at radius 2 is 2.20 bits per heavy atom. The normalized spacial score (nSPS) is 11.9. The molecule has 1 aromatic heterocycles. The van der Waals surface area contributed by atoms with Gasteiger partial charge in [-0.15, -0.1) is 5.10 Å². The number of aromatic amines is 1. The van der Waals surface area contributed by atoms with Crippen LogP contribution in [0.15, 0.2) is 0 Å². The Balaban J connectivity index is 2.60. The number of nitrogens with one attached hydrogen (secondary N) is 3. The van der Waals surface area contributed by atoms with E-state index in [1.165, 1.54) is 7.05 Å².